The zero-order valence-corrected chi connectivity index (χ0v) is 5.39. The Labute approximate surface area is 54.6 Å². The fourth-order valence-electron chi connectivity index (χ4n) is 1.05. The SMILES string of the molecule is NC[C@@H]1CCNC(=O)C1. The van der Waals surface area contributed by atoms with Crippen molar-refractivity contribution in [2.45, 2.75) is 12.8 Å². The lowest BCUT2D eigenvalue weighted by molar-refractivity contribution is -0.123. The van der Waals surface area contributed by atoms with Crippen molar-refractivity contribution in [1.29, 1.82) is 0 Å². The maximum absolute atomic E-state index is 10.7. The highest BCUT2D eigenvalue weighted by Gasteiger charge is 2.16. The first kappa shape index (κ1) is 6.55. The third-order valence-electron chi connectivity index (χ3n) is 1.68. The minimum atomic E-state index is 0.150. The van der Waals surface area contributed by atoms with Crippen molar-refractivity contribution in [1.82, 2.24) is 5.32 Å². The van der Waals surface area contributed by atoms with Crippen LogP contribution in [-0.2, 0) is 4.79 Å². The van der Waals surface area contributed by atoms with Gasteiger partial charge in [0.2, 0.25) is 5.91 Å². The number of hydrogen-bond donors (Lipinski definition) is 2. The van der Waals surface area contributed by atoms with Gasteiger partial charge in [0, 0.05) is 13.0 Å². The van der Waals surface area contributed by atoms with E-state index in [0.29, 0.717) is 18.9 Å². The molecule has 0 radical (unpaired) electrons. The summed E-state index contributed by atoms with van der Waals surface area (Å²) in [4.78, 5) is 10.7. The van der Waals surface area contributed by atoms with E-state index in [2.05, 4.69) is 5.32 Å². The Hall–Kier alpha value is -0.570. The fourth-order valence-corrected chi connectivity index (χ4v) is 1.05. The van der Waals surface area contributed by atoms with Gasteiger partial charge in [-0.15, -0.1) is 0 Å². The maximum Gasteiger partial charge on any atom is 0.220 e. The molecule has 0 aromatic heterocycles. The Bertz CT molecular complexity index is 114. The summed E-state index contributed by atoms with van der Waals surface area (Å²) in [6.07, 6.45) is 1.67. The Balaban J connectivity index is 2.32. The molecule has 1 heterocycles. The largest absolute Gasteiger partial charge is 0.356 e. The van der Waals surface area contributed by atoms with Crippen LogP contribution < -0.4 is 11.1 Å². The summed E-state index contributed by atoms with van der Waals surface area (Å²) < 4.78 is 0. The van der Waals surface area contributed by atoms with Crippen LogP contribution in [0.5, 0.6) is 0 Å². The molecule has 0 aliphatic carbocycles. The van der Waals surface area contributed by atoms with E-state index >= 15 is 0 Å². The first-order valence-electron chi connectivity index (χ1n) is 3.29. The van der Waals surface area contributed by atoms with Gasteiger partial charge in [-0.3, -0.25) is 4.79 Å². The molecule has 9 heavy (non-hydrogen) atoms. The van der Waals surface area contributed by atoms with Gasteiger partial charge < -0.3 is 11.1 Å². The molecule has 0 aromatic carbocycles. The van der Waals surface area contributed by atoms with Gasteiger partial charge in [-0.2, -0.15) is 0 Å². The van der Waals surface area contributed by atoms with E-state index in [4.69, 9.17) is 5.73 Å². The number of carbonyl (C=O) groups excluding carboxylic acids is 1. The first-order valence-corrected chi connectivity index (χ1v) is 3.29. The lowest BCUT2D eigenvalue weighted by atomic mass is 9.98. The molecule has 1 aliphatic heterocycles. The Kier molecular flexibility index (Phi) is 2.05. The van der Waals surface area contributed by atoms with E-state index in [1.807, 2.05) is 0 Å². The molecule has 52 valence electrons. The van der Waals surface area contributed by atoms with Gasteiger partial charge in [0.05, 0.1) is 0 Å². The molecule has 0 bridgehead atoms. The molecule has 3 nitrogen and oxygen atoms in total. The second-order valence-corrected chi connectivity index (χ2v) is 2.44. The highest BCUT2D eigenvalue weighted by atomic mass is 16.1. The van der Waals surface area contributed by atoms with Crippen LogP contribution >= 0.6 is 0 Å². The lowest BCUT2D eigenvalue weighted by Crippen LogP contribution is -2.36. The lowest BCUT2D eigenvalue weighted by Gasteiger charge is -2.19. The van der Waals surface area contributed by atoms with Gasteiger partial charge in [-0.25, -0.2) is 0 Å². The molecule has 0 saturated carbocycles. The molecular weight excluding hydrogens is 116 g/mol. The van der Waals surface area contributed by atoms with Crippen molar-refractivity contribution in [3.63, 3.8) is 0 Å². The molecule has 0 spiro atoms. The molecular formula is C6H12N2O. The summed E-state index contributed by atoms with van der Waals surface area (Å²) in [6.45, 7) is 1.45. The minimum absolute atomic E-state index is 0.150. The molecule has 0 aromatic rings. The standard InChI is InChI=1S/C6H12N2O/c7-4-5-1-2-8-6(9)3-5/h5H,1-4,7H2,(H,8,9)/t5-/m1/s1. The number of hydrogen-bond acceptors (Lipinski definition) is 2. The van der Waals surface area contributed by atoms with Crippen LogP contribution in [0.3, 0.4) is 0 Å². The third kappa shape index (κ3) is 1.68. The Morgan fingerprint density at radius 2 is 2.56 bits per heavy atom. The normalized spacial score (nSPS) is 27.7. The predicted octanol–water partition coefficient (Wildman–Crippen LogP) is -0.529. The van der Waals surface area contributed by atoms with Crippen LogP contribution in [0, 0.1) is 5.92 Å². The van der Waals surface area contributed by atoms with Gasteiger partial charge in [-0.1, -0.05) is 0 Å². The number of amides is 1. The quantitative estimate of drug-likeness (QED) is 0.499. The second-order valence-electron chi connectivity index (χ2n) is 2.44. The van der Waals surface area contributed by atoms with E-state index in [9.17, 15) is 4.79 Å². The molecule has 3 heteroatoms. The van der Waals surface area contributed by atoms with Gasteiger partial charge >= 0.3 is 0 Å². The van der Waals surface area contributed by atoms with E-state index < -0.39 is 0 Å². The van der Waals surface area contributed by atoms with Crippen molar-refractivity contribution < 1.29 is 4.79 Å². The highest BCUT2D eigenvalue weighted by molar-refractivity contribution is 5.76. The van der Waals surface area contributed by atoms with Crippen molar-refractivity contribution in [3.8, 4) is 0 Å². The molecule has 1 saturated heterocycles. The Morgan fingerprint density at radius 3 is 3.00 bits per heavy atom. The zero-order chi connectivity index (χ0) is 6.69. The maximum atomic E-state index is 10.7. The van der Waals surface area contributed by atoms with Crippen LogP contribution in [0.15, 0.2) is 0 Å². The second kappa shape index (κ2) is 2.82. The smallest absolute Gasteiger partial charge is 0.220 e. The van der Waals surface area contributed by atoms with E-state index in [0.717, 1.165) is 13.0 Å². The van der Waals surface area contributed by atoms with E-state index in [-0.39, 0.29) is 5.91 Å². The molecule has 0 unspecified atom stereocenters. The van der Waals surface area contributed by atoms with Crippen LogP contribution in [0.25, 0.3) is 0 Å². The van der Waals surface area contributed by atoms with Gasteiger partial charge in [-0.05, 0) is 18.9 Å². The predicted molar refractivity (Wildman–Crippen MR) is 34.8 cm³/mol. The van der Waals surface area contributed by atoms with Gasteiger partial charge in [0.1, 0.15) is 0 Å². The summed E-state index contributed by atoms with van der Waals surface area (Å²) in [5, 5.41) is 2.75. The van der Waals surface area contributed by atoms with E-state index in [1.54, 1.807) is 0 Å². The number of piperidine rings is 1. The van der Waals surface area contributed by atoms with Crippen LogP contribution in [-0.4, -0.2) is 19.0 Å². The Morgan fingerprint density at radius 1 is 1.78 bits per heavy atom. The minimum Gasteiger partial charge on any atom is -0.356 e. The van der Waals surface area contributed by atoms with Crippen molar-refractivity contribution in [2.24, 2.45) is 11.7 Å². The molecule has 1 atom stereocenters. The van der Waals surface area contributed by atoms with Crippen molar-refractivity contribution in [2.75, 3.05) is 13.1 Å². The third-order valence-corrected chi connectivity index (χ3v) is 1.68. The van der Waals surface area contributed by atoms with Gasteiger partial charge in [0.15, 0.2) is 0 Å². The van der Waals surface area contributed by atoms with Crippen LogP contribution in [0.4, 0.5) is 0 Å². The summed E-state index contributed by atoms with van der Waals surface area (Å²) in [6, 6.07) is 0. The van der Waals surface area contributed by atoms with E-state index in [1.165, 1.54) is 0 Å². The summed E-state index contributed by atoms with van der Waals surface area (Å²) in [5.41, 5.74) is 5.39. The highest BCUT2D eigenvalue weighted by Crippen LogP contribution is 2.09. The molecule has 1 aliphatic rings. The van der Waals surface area contributed by atoms with Crippen molar-refractivity contribution in [3.05, 3.63) is 0 Å². The zero-order valence-electron chi connectivity index (χ0n) is 5.39. The number of carbonyl (C=O) groups is 1. The molecule has 1 amide bonds. The molecule has 1 fully saturated rings. The number of rotatable bonds is 1. The van der Waals surface area contributed by atoms with Gasteiger partial charge in [0.25, 0.3) is 0 Å². The number of nitrogens with one attached hydrogen (secondary N) is 1. The average molecular weight is 128 g/mol. The summed E-state index contributed by atoms with van der Waals surface area (Å²) >= 11 is 0. The monoisotopic (exact) mass is 128 g/mol. The van der Waals surface area contributed by atoms with Crippen molar-refractivity contribution >= 4 is 5.91 Å². The molecule has 1 rings (SSSR count). The van der Waals surface area contributed by atoms with Crippen LogP contribution in [0.2, 0.25) is 0 Å². The average Bonchev–Trinajstić information content (AvgIpc) is 1.88. The number of nitrogens with two attached hydrogens (primary N) is 1. The molecule has 3 N–H and O–H groups in total. The summed E-state index contributed by atoms with van der Waals surface area (Å²) in [5.74, 6) is 0.579. The summed E-state index contributed by atoms with van der Waals surface area (Å²) in [7, 11) is 0. The topological polar surface area (TPSA) is 55.1 Å². The first-order chi connectivity index (χ1) is 4.33. The van der Waals surface area contributed by atoms with Crippen LogP contribution in [0.1, 0.15) is 12.8 Å². The fraction of sp³-hybridized carbons (Fsp3) is 0.833.